The third kappa shape index (κ3) is 2.82. The molecule has 4 heteroatoms. The largest absolute Gasteiger partial charge is 0.394 e. The summed E-state index contributed by atoms with van der Waals surface area (Å²) in [5.74, 6) is 0. The summed E-state index contributed by atoms with van der Waals surface area (Å²) >= 11 is 4.75. The minimum absolute atomic E-state index is 0.250. The monoisotopic (exact) mass is 126 g/mol. The smallest absolute Gasteiger partial charge is 0.125 e. The first-order valence-corrected chi connectivity index (χ1v) is 2.15. The fourth-order valence-corrected chi connectivity index (χ4v) is 0.227. The van der Waals surface area contributed by atoms with Gasteiger partial charge in [0.2, 0.25) is 0 Å². The van der Waals surface area contributed by atoms with Crippen molar-refractivity contribution in [2.24, 2.45) is 0 Å². The normalized spacial score (nSPS) is 10.3. The molecule has 2 N–H and O–H groups in total. The van der Waals surface area contributed by atoms with Crippen LogP contribution in [0.5, 0.6) is 0 Å². The van der Waals surface area contributed by atoms with Gasteiger partial charge in [0.1, 0.15) is 6.10 Å². The molecule has 0 heterocycles. The van der Waals surface area contributed by atoms with E-state index in [-0.39, 0.29) is 13.2 Å². The van der Waals surface area contributed by atoms with E-state index in [9.17, 15) is 0 Å². The van der Waals surface area contributed by atoms with Crippen molar-refractivity contribution in [1.29, 1.82) is 0 Å². The van der Waals surface area contributed by atoms with Gasteiger partial charge in [-0.1, -0.05) is 0 Å². The molecule has 0 radical (unpaired) electrons. The maximum absolute atomic E-state index is 8.16. The number of hydrogen-bond acceptors (Lipinski definition) is 3. The summed E-state index contributed by atoms with van der Waals surface area (Å²) in [6.45, 7) is -0.500. The minimum Gasteiger partial charge on any atom is -0.394 e. The molecule has 3 nitrogen and oxygen atoms in total. The number of aliphatic hydroxyl groups is 2. The summed E-state index contributed by atoms with van der Waals surface area (Å²) in [5, 5.41) is 16.3. The second-order valence-corrected chi connectivity index (χ2v) is 1.25. The maximum atomic E-state index is 8.16. The topological polar surface area (TPSA) is 49.7 Å². The van der Waals surface area contributed by atoms with Crippen LogP contribution in [0, 0.1) is 0 Å². The summed E-state index contributed by atoms with van der Waals surface area (Å²) in [5.41, 5.74) is 0. The molecule has 0 aliphatic rings. The predicted octanol–water partition coefficient (Wildman–Crippen LogP) is -0.490. The molecule has 7 heavy (non-hydrogen) atoms. The van der Waals surface area contributed by atoms with Crippen LogP contribution in [0.4, 0.5) is 0 Å². The molecule has 0 atom stereocenters. The third-order valence-corrected chi connectivity index (χ3v) is 0.785. The van der Waals surface area contributed by atoms with E-state index in [2.05, 4.69) is 4.29 Å². The van der Waals surface area contributed by atoms with Crippen LogP contribution in [-0.2, 0) is 4.29 Å². The van der Waals surface area contributed by atoms with Crippen LogP contribution >= 0.6 is 11.9 Å². The first-order valence-electron chi connectivity index (χ1n) is 1.84. The summed E-state index contributed by atoms with van der Waals surface area (Å²) in [7, 11) is 0. The molecule has 0 fully saturated rings. The molecule has 0 saturated carbocycles. The molecule has 44 valence electrons. The third-order valence-electron chi connectivity index (χ3n) is 0.533. The molecule has 0 aliphatic heterocycles. The lowest BCUT2D eigenvalue weighted by Crippen LogP contribution is -2.17. The van der Waals surface area contributed by atoms with Gasteiger partial charge in [-0.2, -0.15) is 0 Å². The Morgan fingerprint density at radius 3 is 1.86 bits per heavy atom. The van der Waals surface area contributed by atoms with Gasteiger partial charge in [-0.25, -0.2) is 0 Å². The van der Waals surface area contributed by atoms with Gasteiger partial charge in [0.25, 0.3) is 0 Å². The highest BCUT2D eigenvalue weighted by atomic mass is 35.5. The molecule has 0 aliphatic carbocycles. The average molecular weight is 127 g/mol. The molecule has 0 spiro atoms. The summed E-state index contributed by atoms with van der Waals surface area (Å²) in [6, 6.07) is 0. The van der Waals surface area contributed by atoms with Crippen molar-refractivity contribution in [3.05, 3.63) is 0 Å². The predicted molar refractivity (Wildman–Crippen MR) is 24.9 cm³/mol. The number of aliphatic hydroxyl groups excluding tert-OH is 2. The van der Waals surface area contributed by atoms with Crippen LogP contribution in [-0.4, -0.2) is 29.5 Å². The molecule has 0 amide bonds. The number of hydrogen-bond donors (Lipinski definition) is 2. The Morgan fingerprint density at radius 2 is 1.86 bits per heavy atom. The van der Waals surface area contributed by atoms with Crippen LogP contribution in [0.3, 0.4) is 0 Å². The second kappa shape index (κ2) is 4.33. The van der Waals surface area contributed by atoms with E-state index in [0.717, 1.165) is 0 Å². The highest BCUT2D eigenvalue weighted by Gasteiger charge is 2.01. The van der Waals surface area contributed by atoms with E-state index >= 15 is 0 Å². The standard InChI is InChI=1S/C3H7ClO3/c4-7-3(1-5)2-6/h3,5-6H,1-2H2. The Labute approximate surface area is 46.6 Å². The van der Waals surface area contributed by atoms with Crippen molar-refractivity contribution < 1.29 is 14.5 Å². The van der Waals surface area contributed by atoms with Crippen molar-refractivity contribution in [2.45, 2.75) is 6.10 Å². The van der Waals surface area contributed by atoms with Crippen molar-refractivity contribution in [2.75, 3.05) is 13.2 Å². The Kier molecular flexibility index (Phi) is 4.44. The minimum atomic E-state index is -0.637. The van der Waals surface area contributed by atoms with E-state index in [4.69, 9.17) is 22.1 Å². The van der Waals surface area contributed by atoms with Crippen molar-refractivity contribution >= 4 is 11.9 Å². The van der Waals surface area contributed by atoms with Gasteiger partial charge in [-0.05, 0) is 0 Å². The van der Waals surface area contributed by atoms with E-state index in [1.165, 1.54) is 0 Å². The molecular weight excluding hydrogens is 119 g/mol. The second-order valence-electron chi connectivity index (χ2n) is 1.08. The molecule has 0 saturated heterocycles. The van der Waals surface area contributed by atoms with Gasteiger partial charge >= 0.3 is 0 Å². The van der Waals surface area contributed by atoms with Crippen LogP contribution in [0.1, 0.15) is 0 Å². The van der Waals surface area contributed by atoms with E-state index < -0.39 is 6.10 Å². The summed E-state index contributed by atoms with van der Waals surface area (Å²) in [6.07, 6.45) is -0.637. The van der Waals surface area contributed by atoms with Crippen molar-refractivity contribution in [3.63, 3.8) is 0 Å². The fourth-order valence-electron chi connectivity index (χ4n) is 0.114. The first kappa shape index (κ1) is 7.17. The van der Waals surface area contributed by atoms with Gasteiger partial charge in [-0.15, -0.1) is 0 Å². The van der Waals surface area contributed by atoms with Gasteiger partial charge in [-0.3, -0.25) is 4.29 Å². The zero-order valence-corrected chi connectivity index (χ0v) is 4.43. The van der Waals surface area contributed by atoms with Gasteiger partial charge in [0.15, 0.2) is 0 Å². The Balaban J connectivity index is 2.99. The average Bonchev–Trinajstić information content (AvgIpc) is 1.72. The number of halogens is 1. The van der Waals surface area contributed by atoms with Crippen molar-refractivity contribution in [1.82, 2.24) is 0 Å². The molecule has 0 bridgehead atoms. The first-order chi connectivity index (χ1) is 3.35. The lowest BCUT2D eigenvalue weighted by atomic mass is 10.4. The molecule has 0 unspecified atom stereocenters. The molecule has 0 rings (SSSR count). The lowest BCUT2D eigenvalue weighted by molar-refractivity contribution is 0.0704. The lowest BCUT2D eigenvalue weighted by Gasteiger charge is -2.02. The van der Waals surface area contributed by atoms with E-state index in [1.54, 1.807) is 0 Å². The van der Waals surface area contributed by atoms with E-state index in [1.807, 2.05) is 0 Å². The quantitative estimate of drug-likeness (QED) is 0.537. The zero-order chi connectivity index (χ0) is 5.70. The SMILES string of the molecule is OCC(CO)OCl. The Morgan fingerprint density at radius 1 is 1.43 bits per heavy atom. The maximum Gasteiger partial charge on any atom is 0.125 e. The molecule has 0 aromatic carbocycles. The molecule has 0 aromatic rings. The van der Waals surface area contributed by atoms with Crippen LogP contribution in [0.25, 0.3) is 0 Å². The highest BCUT2D eigenvalue weighted by Crippen LogP contribution is 1.90. The zero-order valence-electron chi connectivity index (χ0n) is 3.67. The summed E-state index contributed by atoms with van der Waals surface area (Å²) in [4.78, 5) is 0. The molecular formula is C3H7ClO3. The van der Waals surface area contributed by atoms with Crippen LogP contribution < -0.4 is 0 Å². The number of rotatable bonds is 3. The van der Waals surface area contributed by atoms with Gasteiger partial charge in [0.05, 0.1) is 25.1 Å². The van der Waals surface area contributed by atoms with Gasteiger partial charge < -0.3 is 10.2 Å². The van der Waals surface area contributed by atoms with Crippen molar-refractivity contribution in [3.8, 4) is 0 Å². The van der Waals surface area contributed by atoms with Crippen LogP contribution in [0.2, 0.25) is 0 Å². The Hall–Kier alpha value is 0.170. The van der Waals surface area contributed by atoms with Gasteiger partial charge in [0, 0.05) is 0 Å². The Bertz CT molecular complexity index is 31.7. The summed E-state index contributed by atoms with van der Waals surface area (Å²) < 4.78 is 4.02. The van der Waals surface area contributed by atoms with Crippen LogP contribution in [0.15, 0.2) is 0 Å². The fraction of sp³-hybridized carbons (Fsp3) is 1.00. The van der Waals surface area contributed by atoms with E-state index in [0.29, 0.717) is 0 Å². The highest BCUT2D eigenvalue weighted by molar-refractivity contribution is 6.07. The molecule has 0 aromatic heterocycles.